The van der Waals surface area contributed by atoms with Crippen molar-refractivity contribution in [2.45, 2.75) is 19.0 Å². The number of nitrogens with one attached hydrogen (secondary N) is 1. The fraction of sp³-hybridized carbons (Fsp3) is 0.417. The molecule has 20 heavy (non-hydrogen) atoms. The van der Waals surface area contributed by atoms with Gasteiger partial charge in [0, 0.05) is 25.9 Å². The molecule has 0 aliphatic rings. The van der Waals surface area contributed by atoms with E-state index in [0.29, 0.717) is 18.8 Å². The van der Waals surface area contributed by atoms with E-state index in [1.165, 1.54) is 30.0 Å². The Balaban J connectivity index is 2.75. The van der Waals surface area contributed by atoms with E-state index in [1.54, 1.807) is 0 Å². The molecule has 0 aromatic carbocycles. The number of amides is 1. The maximum atomic E-state index is 11.6. The van der Waals surface area contributed by atoms with E-state index in [9.17, 15) is 14.4 Å². The number of nitrogens with zero attached hydrogens (tertiary/aromatic N) is 1. The van der Waals surface area contributed by atoms with E-state index in [4.69, 9.17) is 15.6 Å². The van der Waals surface area contributed by atoms with Crippen molar-refractivity contribution < 1.29 is 19.4 Å². The van der Waals surface area contributed by atoms with Crippen molar-refractivity contribution in [2.24, 2.45) is 5.73 Å². The molecule has 0 bridgehead atoms. The highest BCUT2D eigenvalue weighted by molar-refractivity contribution is 5.96. The minimum absolute atomic E-state index is 0.227. The second kappa shape index (κ2) is 7.41. The van der Waals surface area contributed by atoms with Gasteiger partial charge in [0.15, 0.2) is 0 Å². The van der Waals surface area contributed by atoms with Crippen LogP contribution in [0, 0.1) is 0 Å². The summed E-state index contributed by atoms with van der Waals surface area (Å²) in [6.07, 6.45) is 0.988. The molecule has 0 spiro atoms. The van der Waals surface area contributed by atoms with Gasteiger partial charge in [-0.3, -0.25) is 14.4 Å². The molecule has 1 aromatic rings. The molecule has 1 amide bonds. The average Bonchev–Trinajstić information content (AvgIpc) is 2.38. The number of hydrogen-bond acceptors (Lipinski definition) is 5. The number of carboxylic acid groups (broad SMARTS) is 1. The molecule has 1 heterocycles. The Morgan fingerprint density at radius 3 is 2.80 bits per heavy atom. The summed E-state index contributed by atoms with van der Waals surface area (Å²) in [6, 6.07) is 1.58. The van der Waals surface area contributed by atoms with Gasteiger partial charge in [-0.25, -0.2) is 0 Å². The number of carbonyl (C=O) groups is 2. The lowest BCUT2D eigenvalue weighted by molar-refractivity contribution is -0.138. The summed E-state index contributed by atoms with van der Waals surface area (Å²) in [5, 5.41) is 11.0. The molecule has 0 saturated heterocycles. The predicted molar refractivity (Wildman–Crippen MR) is 71.4 cm³/mol. The van der Waals surface area contributed by atoms with E-state index in [2.05, 4.69) is 5.32 Å². The summed E-state index contributed by atoms with van der Waals surface area (Å²) in [4.78, 5) is 33.6. The SMILES string of the molecule is COCCn1cc(NC(=O)C(N)CC(=O)O)ccc1=O. The maximum absolute atomic E-state index is 11.6. The van der Waals surface area contributed by atoms with Crippen molar-refractivity contribution in [2.75, 3.05) is 19.0 Å². The molecule has 0 radical (unpaired) electrons. The zero-order valence-electron chi connectivity index (χ0n) is 11.0. The number of anilines is 1. The highest BCUT2D eigenvalue weighted by atomic mass is 16.5. The van der Waals surface area contributed by atoms with Crippen LogP contribution in [-0.2, 0) is 20.9 Å². The van der Waals surface area contributed by atoms with Crippen LogP contribution in [0.5, 0.6) is 0 Å². The average molecular weight is 283 g/mol. The molecular weight excluding hydrogens is 266 g/mol. The smallest absolute Gasteiger partial charge is 0.305 e. The second-order valence-corrected chi connectivity index (χ2v) is 4.14. The Bertz CT molecular complexity index is 540. The van der Waals surface area contributed by atoms with Crippen molar-refractivity contribution in [3.63, 3.8) is 0 Å². The number of ether oxygens (including phenoxy) is 1. The van der Waals surface area contributed by atoms with Crippen LogP contribution in [0.1, 0.15) is 6.42 Å². The van der Waals surface area contributed by atoms with Gasteiger partial charge in [-0.1, -0.05) is 0 Å². The van der Waals surface area contributed by atoms with Gasteiger partial charge in [-0.2, -0.15) is 0 Å². The molecule has 110 valence electrons. The van der Waals surface area contributed by atoms with Crippen LogP contribution in [0.25, 0.3) is 0 Å². The first kappa shape index (κ1) is 15.9. The molecule has 4 N–H and O–H groups in total. The number of nitrogens with two attached hydrogens (primary N) is 1. The molecular formula is C12H17N3O5. The number of aliphatic carboxylic acids is 1. The third kappa shape index (κ3) is 4.82. The number of pyridine rings is 1. The molecule has 8 nitrogen and oxygen atoms in total. The summed E-state index contributed by atoms with van der Waals surface area (Å²) < 4.78 is 6.25. The van der Waals surface area contributed by atoms with Gasteiger partial charge in [0.05, 0.1) is 24.8 Å². The van der Waals surface area contributed by atoms with E-state index in [0.717, 1.165) is 0 Å². The van der Waals surface area contributed by atoms with E-state index in [1.807, 2.05) is 0 Å². The number of methoxy groups -OCH3 is 1. The van der Waals surface area contributed by atoms with Crippen LogP contribution < -0.4 is 16.6 Å². The summed E-state index contributed by atoms with van der Waals surface area (Å²) in [6.45, 7) is 0.704. The van der Waals surface area contributed by atoms with E-state index < -0.39 is 24.3 Å². The molecule has 0 saturated carbocycles. The van der Waals surface area contributed by atoms with Gasteiger partial charge in [-0.15, -0.1) is 0 Å². The molecule has 0 fully saturated rings. The van der Waals surface area contributed by atoms with Crippen molar-refractivity contribution in [3.05, 3.63) is 28.7 Å². The van der Waals surface area contributed by atoms with Crippen molar-refractivity contribution in [3.8, 4) is 0 Å². The summed E-state index contributed by atoms with van der Waals surface area (Å²) >= 11 is 0. The Morgan fingerprint density at radius 2 is 2.20 bits per heavy atom. The standard InChI is InChI=1S/C12H17N3O5/c1-20-5-4-15-7-8(2-3-10(15)16)14-12(19)9(13)6-11(17)18/h2-3,7,9H,4-6,13H2,1H3,(H,14,19)(H,17,18). The molecule has 8 heteroatoms. The van der Waals surface area contributed by atoms with Crippen LogP contribution >= 0.6 is 0 Å². The number of carboxylic acids is 1. The van der Waals surface area contributed by atoms with Gasteiger partial charge in [0.25, 0.3) is 5.56 Å². The third-order valence-corrected chi connectivity index (χ3v) is 2.52. The minimum Gasteiger partial charge on any atom is -0.481 e. The fourth-order valence-corrected chi connectivity index (χ4v) is 1.49. The topological polar surface area (TPSA) is 124 Å². The summed E-state index contributed by atoms with van der Waals surface area (Å²) in [7, 11) is 1.52. The number of carbonyl (C=O) groups excluding carboxylic acids is 1. The predicted octanol–water partition coefficient (Wildman–Crippen LogP) is -0.765. The minimum atomic E-state index is -1.15. The van der Waals surface area contributed by atoms with Gasteiger partial charge in [0.1, 0.15) is 0 Å². The Labute approximate surface area is 115 Å². The highest BCUT2D eigenvalue weighted by Gasteiger charge is 2.17. The van der Waals surface area contributed by atoms with E-state index >= 15 is 0 Å². The highest BCUT2D eigenvalue weighted by Crippen LogP contribution is 2.04. The zero-order valence-corrected chi connectivity index (χ0v) is 11.0. The first-order valence-corrected chi connectivity index (χ1v) is 5.91. The lowest BCUT2D eigenvalue weighted by atomic mass is 10.2. The van der Waals surface area contributed by atoms with Gasteiger partial charge >= 0.3 is 5.97 Å². The number of hydrogen-bond donors (Lipinski definition) is 3. The summed E-state index contributed by atoms with van der Waals surface area (Å²) in [5.41, 5.74) is 5.57. The first-order valence-electron chi connectivity index (χ1n) is 5.91. The van der Waals surface area contributed by atoms with Gasteiger partial charge < -0.3 is 25.5 Å². The molecule has 1 unspecified atom stereocenters. The van der Waals surface area contributed by atoms with Crippen LogP contribution in [0.15, 0.2) is 23.1 Å². The lowest BCUT2D eigenvalue weighted by Crippen LogP contribution is -2.37. The maximum Gasteiger partial charge on any atom is 0.305 e. The second-order valence-electron chi connectivity index (χ2n) is 4.14. The van der Waals surface area contributed by atoms with Gasteiger partial charge in [0.2, 0.25) is 5.91 Å². The van der Waals surface area contributed by atoms with Crippen LogP contribution in [0.2, 0.25) is 0 Å². The Hall–Kier alpha value is -2.19. The van der Waals surface area contributed by atoms with Crippen molar-refractivity contribution in [1.82, 2.24) is 4.57 Å². The third-order valence-electron chi connectivity index (χ3n) is 2.52. The number of rotatable bonds is 7. The normalized spacial score (nSPS) is 11.9. The molecule has 1 rings (SSSR count). The molecule has 0 aliphatic heterocycles. The lowest BCUT2D eigenvalue weighted by Gasteiger charge is -2.12. The van der Waals surface area contributed by atoms with Crippen molar-refractivity contribution >= 4 is 17.6 Å². The number of aromatic nitrogens is 1. The Morgan fingerprint density at radius 1 is 1.50 bits per heavy atom. The fourth-order valence-electron chi connectivity index (χ4n) is 1.49. The molecule has 1 atom stereocenters. The van der Waals surface area contributed by atoms with Crippen LogP contribution in [0.4, 0.5) is 5.69 Å². The van der Waals surface area contributed by atoms with Gasteiger partial charge in [-0.05, 0) is 6.07 Å². The quantitative estimate of drug-likeness (QED) is 0.604. The zero-order chi connectivity index (χ0) is 15.1. The molecule has 0 aliphatic carbocycles. The summed E-state index contributed by atoms with van der Waals surface area (Å²) in [5.74, 6) is -1.78. The van der Waals surface area contributed by atoms with E-state index in [-0.39, 0.29) is 5.56 Å². The monoisotopic (exact) mass is 283 g/mol. The first-order chi connectivity index (χ1) is 9.43. The van der Waals surface area contributed by atoms with Crippen LogP contribution in [-0.4, -0.2) is 41.3 Å². The Kier molecular flexibility index (Phi) is 5.88. The largest absolute Gasteiger partial charge is 0.481 e. The van der Waals surface area contributed by atoms with Crippen LogP contribution in [0.3, 0.4) is 0 Å². The van der Waals surface area contributed by atoms with Crippen molar-refractivity contribution in [1.29, 1.82) is 0 Å². The molecule has 1 aromatic heterocycles.